The van der Waals surface area contributed by atoms with Gasteiger partial charge in [0.05, 0.1) is 13.2 Å². The Bertz CT molecular complexity index is 222. The van der Waals surface area contributed by atoms with Crippen LogP contribution in [0.5, 0.6) is 0 Å². The van der Waals surface area contributed by atoms with Crippen molar-refractivity contribution in [1.82, 2.24) is 0 Å². The first-order valence-electron chi connectivity index (χ1n) is 5.76. The van der Waals surface area contributed by atoms with Crippen LogP contribution in [0.2, 0.25) is 0 Å². The van der Waals surface area contributed by atoms with E-state index in [1.165, 1.54) is 0 Å². The van der Waals surface area contributed by atoms with E-state index in [1.807, 2.05) is 27.7 Å². The predicted molar refractivity (Wildman–Crippen MR) is 65.2 cm³/mol. The molecule has 0 aliphatic heterocycles. The highest BCUT2D eigenvalue weighted by molar-refractivity contribution is 5.18. The van der Waals surface area contributed by atoms with Crippen molar-refractivity contribution in [3.05, 3.63) is 0 Å². The third kappa shape index (κ3) is 7.70. The summed E-state index contributed by atoms with van der Waals surface area (Å²) in [7, 11) is 0. The smallest absolute Gasteiger partial charge is 0.123 e. The van der Waals surface area contributed by atoms with Gasteiger partial charge in [0, 0.05) is 6.61 Å². The standard InChI is InChI=1S/C13H24O3/c1-6-10-15-12(2,3)7-8-13(4,5)16-11-9-14/h14H,6,9-11H2,1-5H3. The maximum absolute atomic E-state index is 8.68. The van der Waals surface area contributed by atoms with Crippen LogP contribution in [0.4, 0.5) is 0 Å². The fraction of sp³-hybridized carbons (Fsp3) is 0.846. The topological polar surface area (TPSA) is 38.7 Å². The van der Waals surface area contributed by atoms with Gasteiger partial charge in [-0.2, -0.15) is 0 Å². The minimum Gasteiger partial charge on any atom is -0.394 e. The molecule has 0 atom stereocenters. The van der Waals surface area contributed by atoms with Crippen molar-refractivity contribution in [3.8, 4) is 11.8 Å². The van der Waals surface area contributed by atoms with Gasteiger partial charge in [-0.15, -0.1) is 0 Å². The second kappa shape index (κ2) is 6.90. The van der Waals surface area contributed by atoms with Crippen LogP contribution in [0.3, 0.4) is 0 Å². The minimum atomic E-state index is -0.546. The lowest BCUT2D eigenvalue weighted by atomic mass is 10.1. The maximum Gasteiger partial charge on any atom is 0.123 e. The molecule has 0 fully saturated rings. The van der Waals surface area contributed by atoms with Crippen LogP contribution in [0.15, 0.2) is 0 Å². The Morgan fingerprint density at radius 3 is 1.75 bits per heavy atom. The first kappa shape index (κ1) is 15.4. The highest BCUT2D eigenvalue weighted by Gasteiger charge is 2.18. The van der Waals surface area contributed by atoms with Gasteiger partial charge in [-0.25, -0.2) is 0 Å². The van der Waals surface area contributed by atoms with Crippen LogP contribution in [0.25, 0.3) is 0 Å². The Morgan fingerprint density at radius 1 is 0.938 bits per heavy atom. The number of rotatable bonds is 6. The molecule has 0 saturated heterocycles. The molecule has 0 radical (unpaired) electrons. The first-order chi connectivity index (χ1) is 7.33. The van der Waals surface area contributed by atoms with Gasteiger partial charge >= 0.3 is 0 Å². The maximum atomic E-state index is 8.68. The molecule has 3 nitrogen and oxygen atoms in total. The fourth-order valence-electron chi connectivity index (χ4n) is 1.03. The molecule has 16 heavy (non-hydrogen) atoms. The zero-order valence-electron chi connectivity index (χ0n) is 11.1. The van der Waals surface area contributed by atoms with Crippen LogP contribution in [-0.4, -0.2) is 36.1 Å². The molecule has 3 heteroatoms. The van der Waals surface area contributed by atoms with Crippen LogP contribution in [0, 0.1) is 11.8 Å². The van der Waals surface area contributed by atoms with E-state index in [1.54, 1.807) is 0 Å². The van der Waals surface area contributed by atoms with Crippen molar-refractivity contribution in [2.75, 3.05) is 19.8 Å². The van der Waals surface area contributed by atoms with Crippen LogP contribution >= 0.6 is 0 Å². The van der Waals surface area contributed by atoms with Gasteiger partial charge < -0.3 is 14.6 Å². The van der Waals surface area contributed by atoms with Crippen LogP contribution in [0.1, 0.15) is 41.0 Å². The summed E-state index contributed by atoms with van der Waals surface area (Å²) in [6.45, 7) is 10.7. The van der Waals surface area contributed by atoms with Gasteiger partial charge in [-0.1, -0.05) is 18.8 Å². The molecule has 0 saturated carbocycles. The average molecular weight is 228 g/mol. The van der Waals surface area contributed by atoms with E-state index in [9.17, 15) is 0 Å². The van der Waals surface area contributed by atoms with Gasteiger partial charge in [0.25, 0.3) is 0 Å². The molecular weight excluding hydrogens is 204 g/mol. The second-order valence-corrected chi connectivity index (χ2v) is 4.69. The van der Waals surface area contributed by atoms with Crippen molar-refractivity contribution in [2.24, 2.45) is 0 Å². The van der Waals surface area contributed by atoms with E-state index in [4.69, 9.17) is 14.6 Å². The third-order valence-corrected chi connectivity index (χ3v) is 1.89. The molecule has 1 N–H and O–H groups in total. The minimum absolute atomic E-state index is 0.0147. The van der Waals surface area contributed by atoms with E-state index in [-0.39, 0.29) is 6.61 Å². The summed E-state index contributed by atoms with van der Waals surface area (Å²) in [5.74, 6) is 6.10. The molecule has 0 heterocycles. The van der Waals surface area contributed by atoms with E-state index >= 15 is 0 Å². The number of aliphatic hydroxyl groups is 1. The van der Waals surface area contributed by atoms with E-state index in [0.29, 0.717) is 13.2 Å². The normalized spacial score (nSPS) is 12.1. The zero-order chi connectivity index (χ0) is 12.7. The Morgan fingerprint density at radius 2 is 1.38 bits per heavy atom. The average Bonchev–Trinajstić information content (AvgIpc) is 2.22. The molecular formula is C13H24O3. The van der Waals surface area contributed by atoms with Crippen molar-refractivity contribution in [1.29, 1.82) is 0 Å². The molecule has 0 rings (SSSR count). The lowest BCUT2D eigenvalue weighted by Crippen LogP contribution is -2.27. The lowest BCUT2D eigenvalue weighted by Gasteiger charge is -2.21. The monoisotopic (exact) mass is 228 g/mol. The molecule has 0 aromatic rings. The summed E-state index contributed by atoms with van der Waals surface area (Å²) in [4.78, 5) is 0. The predicted octanol–water partition coefficient (Wildman–Crippen LogP) is 1.98. The number of hydrogen-bond acceptors (Lipinski definition) is 3. The Kier molecular flexibility index (Phi) is 6.66. The van der Waals surface area contributed by atoms with Crippen LogP contribution in [-0.2, 0) is 9.47 Å². The molecule has 0 aromatic carbocycles. The zero-order valence-corrected chi connectivity index (χ0v) is 11.1. The van der Waals surface area contributed by atoms with Crippen LogP contribution < -0.4 is 0 Å². The lowest BCUT2D eigenvalue weighted by molar-refractivity contribution is 0.00349. The van der Waals surface area contributed by atoms with Gasteiger partial charge in [0.15, 0.2) is 0 Å². The van der Waals surface area contributed by atoms with Gasteiger partial charge in [0.1, 0.15) is 11.2 Å². The molecule has 0 amide bonds. The summed E-state index contributed by atoms with van der Waals surface area (Å²) in [5, 5.41) is 8.68. The third-order valence-electron chi connectivity index (χ3n) is 1.89. The highest BCUT2D eigenvalue weighted by Crippen LogP contribution is 2.11. The van der Waals surface area contributed by atoms with E-state index in [0.717, 1.165) is 6.42 Å². The molecule has 0 aromatic heterocycles. The number of aliphatic hydroxyl groups excluding tert-OH is 1. The highest BCUT2D eigenvalue weighted by atomic mass is 16.5. The molecule has 94 valence electrons. The van der Waals surface area contributed by atoms with Crippen molar-refractivity contribution in [2.45, 2.75) is 52.2 Å². The number of ether oxygens (including phenoxy) is 2. The second-order valence-electron chi connectivity index (χ2n) is 4.69. The summed E-state index contributed by atoms with van der Waals surface area (Å²) in [5.41, 5.74) is -0.995. The quantitative estimate of drug-likeness (QED) is 0.707. The molecule has 0 aliphatic carbocycles. The summed E-state index contributed by atoms with van der Waals surface area (Å²) >= 11 is 0. The van der Waals surface area contributed by atoms with Gasteiger partial charge in [0.2, 0.25) is 0 Å². The summed E-state index contributed by atoms with van der Waals surface area (Å²) in [6.07, 6.45) is 0.982. The number of hydrogen-bond donors (Lipinski definition) is 1. The summed E-state index contributed by atoms with van der Waals surface area (Å²) in [6, 6.07) is 0. The van der Waals surface area contributed by atoms with E-state index < -0.39 is 11.2 Å². The Labute approximate surface area is 99.1 Å². The van der Waals surface area contributed by atoms with E-state index in [2.05, 4.69) is 18.8 Å². The molecule has 0 unspecified atom stereocenters. The molecule has 0 bridgehead atoms. The SMILES string of the molecule is CCCOC(C)(C)C#CC(C)(C)OCCO. The fourth-order valence-corrected chi connectivity index (χ4v) is 1.03. The Hall–Kier alpha value is -0.560. The summed E-state index contributed by atoms with van der Waals surface area (Å²) < 4.78 is 11.0. The first-order valence-corrected chi connectivity index (χ1v) is 5.76. The van der Waals surface area contributed by atoms with Gasteiger partial charge in [-0.3, -0.25) is 0 Å². The van der Waals surface area contributed by atoms with Crippen molar-refractivity contribution >= 4 is 0 Å². The molecule has 0 spiro atoms. The van der Waals surface area contributed by atoms with Crippen molar-refractivity contribution < 1.29 is 14.6 Å². The Balaban J connectivity index is 4.33. The molecule has 0 aliphatic rings. The largest absolute Gasteiger partial charge is 0.394 e. The van der Waals surface area contributed by atoms with Gasteiger partial charge in [-0.05, 0) is 34.1 Å². The van der Waals surface area contributed by atoms with Crippen molar-refractivity contribution in [3.63, 3.8) is 0 Å².